The van der Waals surface area contributed by atoms with Gasteiger partial charge in [0.25, 0.3) is 0 Å². The number of carbonyl (C=O) groups excluding carboxylic acids is 1. The van der Waals surface area contributed by atoms with Gasteiger partial charge in [0.15, 0.2) is 12.4 Å². The molecule has 2 aliphatic rings. The molecular formula is C8H11ClO4. The smallest absolute Gasteiger partial charge is 0.235 e. The normalized spacial score (nSPS) is 48.8. The molecule has 74 valence electrons. The van der Waals surface area contributed by atoms with E-state index in [1.54, 1.807) is 0 Å². The molecule has 0 saturated carbocycles. The number of carbonyl (C=O) groups is 1. The quantitative estimate of drug-likeness (QED) is 0.492. The van der Waals surface area contributed by atoms with E-state index >= 15 is 0 Å². The average Bonchev–Trinajstić information content (AvgIpc) is 2.81. The molecular weight excluding hydrogens is 196 g/mol. The summed E-state index contributed by atoms with van der Waals surface area (Å²) >= 11 is 5.91. The Morgan fingerprint density at radius 1 is 1.69 bits per heavy atom. The first-order valence-electron chi connectivity index (χ1n) is 4.22. The van der Waals surface area contributed by atoms with E-state index in [2.05, 4.69) is 0 Å². The van der Waals surface area contributed by atoms with Crippen molar-refractivity contribution in [1.29, 1.82) is 0 Å². The number of hydrogen-bond acceptors (Lipinski definition) is 4. The topological polar surface area (TPSA) is 48.1 Å². The minimum Gasteiger partial charge on any atom is -0.353 e. The van der Waals surface area contributed by atoms with Gasteiger partial charge in [-0.1, -0.05) is 18.5 Å². The van der Waals surface area contributed by atoms with E-state index in [0.29, 0.717) is 6.42 Å². The zero-order valence-corrected chi connectivity index (χ0v) is 8.21. The minimum absolute atomic E-state index is 0.185. The zero-order valence-electron chi connectivity index (χ0n) is 7.45. The summed E-state index contributed by atoms with van der Waals surface area (Å²) in [5.74, 6) is -0.185. The fourth-order valence-corrected chi connectivity index (χ4v) is 1.88. The van der Waals surface area contributed by atoms with Crippen LogP contribution in [0.4, 0.5) is 0 Å². The van der Waals surface area contributed by atoms with Gasteiger partial charge in [0.05, 0.1) is 0 Å². The number of rotatable bonds is 2. The third-order valence-electron chi connectivity index (χ3n) is 2.38. The molecule has 5 heteroatoms. The van der Waals surface area contributed by atoms with E-state index in [1.807, 2.05) is 6.92 Å². The van der Waals surface area contributed by atoms with Crippen LogP contribution in [-0.2, 0) is 19.0 Å². The Kier molecular flexibility index (Phi) is 2.11. The summed E-state index contributed by atoms with van der Waals surface area (Å²) in [7, 11) is 1.51. The number of Topliss-reactive ketones (excluding diaryl/α,β-unsaturated/α-hetero) is 1. The highest BCUT2D eigenvalue weighted by Crippen LogP contribution is 2.49. The first-order valence-corrected chi connectivity index (χ1v) is 4.60. The summed E-state index contributed by atoms with van der Waals surface area (Å²) in [6.07, 6.45) is -0.862. The second-order valence-corrected chi connectivity index (χ2v) is 3.75. The Balaban J connectivity index is 2.16. The second-order valence-electron chi connectivity index (χ2n) is 3.18. The van der Waals surface area contributed by atoms with Crippen LogP contribution in [0.25, 0.3) is 0 Å². The van der Waals surface area contributed by atoms with Gasteiger partial charge in [-0.3, -0.25) is 4.79 Å². The maximum absolute atomic E-state index is 11.5. The molecule has 0 spiro atoms. The SMILES string of the molecule is CCC1OC(OC)C2OC2(Cl)C1=O. The highest BCUT2D eigenvalue weighted by Gasteiger charge is 2.70. The molecule has 0 aromatic rings. The van der Waals surface area contributed by atoms with Crippen LogP contribution in [-0.4, -0.2) is 36.5 Å². The second kappa shape index (κ2) is 2.92. The molecule has 4 nitrogen and oxygen atoms in total. The molecule has 2 rings (SSSR count). The van der Waals surface area contributed by atoms with Gasteiger partial charge in [0, 0.05) is 7.11 Å². The third-order valence-corrected chi connectivity index (χ3v) is 2.87. The molecule has 2 saturated heterocycles. The van der Waals surface area contributed by atoms with Crippen molar-refractivity contribution in [2.24, 2.45) is 0 Å². The van der Waals surface area contributed by atoms with Crippen LogP contribution >= 0.6 is 11.6 Å². The average molecular weight is 207 g/mol. The summed E-state index contributed by atoms with van der Waals surface area (Å²) in [6.45, 7) is 1.86. The van der Waals surface area contributed by atoms with Gasteiger partial charge in [0.2, 0.25) is 10.8 Å². The Morgan fingerprint density at radius 2 is 2.38 bits per heavy atom. The van der Waals surface area contributed by atoms with E-state index in [0.717, 1.165) is 0 Å². The summed E-state index contributed by atoms with van der Waals surface area (Å²) in [6, 6.07) is 0. The lowest BCUT2D eigenvalue weighted by molar-refractivity contribution is -0.182. The monoisotopic (exact) mass is 206 g/mol. The molecule has 2 fully saturated rings. The number of methoxy groups -OCH3 is 1. The van der Waals surface area contributed by atoms with Crippen LogP contribution < -0.4 is 0 Å². The maximum atomic E-state index is 11.5. The predicted molar refractivity (Wildman–Crippen MR) is 44.4 cm³/mol. The fraction of sp³-hybridized carbons (Fsp3) is 0.875. The summed E-state index contributed by atoms with van der Waals surface area (Å²) < 4.78 is 15.4. The molecule has 4 unspecified atom stereocenters. The zero-order chi connectivity index (χ0) is 9.64. The Hall–Kier alpha value is -0.160. The van der Waals surface area contributed by atoms with Gasteiger partial charge in [-0.25, -0.2) is 0 Å². The number of alkyl halides is 1. The van der Waals surface area contributed by atoms with E-state index in [9.17, 15) is 4.79 Å². The molecule has 4 atom stereocenters. The molecule has 2 heterocycles. The van der Waals surface area contributed by atoms with Gasteiger partial charge >= 0.3 is 0 Å². The highest BCUT2D eigenvalue weighted by molar-refractivity contribution is 6.37. The standard InChI is InChI=1S/C8H11ClO4/c1-3-4-5(10)8(9)6(13-8)7(11-2)12-4/h4,6-7H,3H2,1-2H3. The van der Waals surface area contributed by atoms with Crippen molar-refractivity contribution in [3.8, 4) is 0 Å². The number of epoxide rings is 1. The molecule has 0 aliphatic carbocycles. The van der Waals surface area contributed by atoms with Crippen LogP contribution in [0.3, 0.4) is 0 Å². The third kappa shape index (κ3) is 1.21. The Morgan fingerprint density at radius 3 is 2.92 bits per heavy atom. The summed E-state index contributed by atoms with van der Waals surface area (Å²) in [5, 5.41) is -1.17. The van der Waals surface area contributed by atoms with Crippen molar-refractivity contribution in [3.05, 3.63) is 0 Å². The Labute approximate surface area is 81.1 Å². The lowest BCUT2D eigenvalue weighted by Gasteiger charge is -2.26. The maximum Gasteiger partial charge on any atom is 0.235 e. The summed E-state index contributed by atoms with van der Waals surface area (Å²) in [5.41, 5.74) is 0. The molecule has 2 aliphatic heterocycles. The molecule has 0 radical (unpaired) electrons. The highest BCUT2D eigenvalue weighted by atomic mass is 35.5. The molecule has 0 bridgehead atoms. The molecule has 13 heavy (non-hydrogen) atoms. The van der Waals surface area contributed by atoms with Crippen molar-refractivity contribution in [2.75, 3.05) is 7.11 Å². The fourth-order valence-electron chi connectivity index (χ4n) is 1.55. The van der Waals surface area contributed by atoms with Crippen molar-refractivity contribution in [1.82, 2.24) is 0 Å². The molecule has 0 aromatic heterocycles. The van der Waals surface area contributed by atoms with E-state index < -0.39 is 23.6 Å². The molecule has 0 N–H and O–H groups in total. The van der Waals surface area contributed by atoms with Crippen LogP contribution in [0.15, 0.2) is 0 Å². The van der Waals surface area contributed by atoms with Crippen molar-refractivity contribution in [2.45, 2.75) is 36.9 Å². The van der Waals surface area contributed by atoms with Crippen LogP contribution in [0.2, 0.25) is 0 Å². The molecule has 0 aromatic carbocycles. The van der Waals surface area contributed by atoms with Gasteiger partial charge in [-0.15, -0.1) is 0 Å². The largest absolute Gasteiger partial charge is 0.353 e. The van der Waals surface area contributed by atoms with E-state index in [-0.39, 0.29) is 5.78 Å². The van der Waals surface area contributed by atoms with Crippen LogP contribution in [0.1, 0.15) is 13.3 Å². The number of fused-ring (bicyclic) bond motifs is 1. The van der Waals surface area contributed by atoms with Crippen molar-refractivity contribution >= 4 is 17.4 Å². The number of ether oxygens (including phenoxy) is 3. The van der Waals surface area contributed by atoms with Crippen LogP contribution in [0.5, 0.6) is 0 Å². The lowest BCUT2D eigenvalue weighted by atomic mass is 10.0. The van der Waals surface area contributed by atoms with Crippen molar-refractivity contribution in [3.63, 3.8) is 0 Å². The van der Waals surface area contributed by atoms with Gasteiger partial charge in [-0.2, -0.15) is 0 Å². The minimum atomic E-state index is -1.17. The van der Waals surface area contributed by atoms with Gasteiger partial charge in [-0.05, 0) is 6.42 Å². The first-order chi connectivity index (χ1) is 6.13. The van der Waals surface area contributed by atoms with E-state index in [1.165, 1.54) is 7.11 Å². The van der Waals surface area contributed by atoms with Crippen LogP contribution in [0, 0.1) is 0 Å². The number of hydrogen-bond donors (Lipinski definition) is 0. The predicted octanol–water partition coefficient (Wildman–Crippen LogP) is 0.671. The van der Waals surface area contributed by atoms with Gasteiger partial charge in [0.1, 0.15) is 6.10 Å². The first kappa shape index (κ1) is 9.40. The van der Waals surface area contributed by atoms with Gasteiger partial charge < -0.3 is 14.2 Å². The summed E-state index contributed by atoms with van der Waals surface area (Å²) in [4.78, 5) is 11.5. The Bertz CT molecular complexity index is 244. The van der Waals surface area contributed by atoms with Crippen molar-refractivity contribution < 1.29 is 19.0 Å². The molecule has 0 amide bonds. The lowest BCUT2D eigenvalue weighted by Crippen LogP contribution is -2.46. The number of halogens is 1. The number of ketones is 1. The van der Waals surface area contributed by atoms with E-state index in [4.69, 9.17) is 25.8 Å².